The van der Waals surface area contributed by atoms with Crippen molar-refractivity contribution in [3.05, 3.63) is 11.6 Å². The zero-order valence-electron chi connectivity index (χ0n) is 14.4. The zero-order valence-corrected chi connectivity index (χ0v) is 14.4. The molecule has 0 heterocycles. The Morgan fingerprint density at radius 2 is 2.14 bits per heavy atom. The summed E-state index contributed by atoms with van der Waals surface area (Å²) in [6.45, 7) is 6.38. The van der Waals surface area contributed by atoms with Gasteiger partial charge in [-0.25, -0.2) is 0 Å². The second kappa shape index (κ2) is 5.67. The van der Waals surface area contributed by atoms with Crippen LogP contribution in [0.3, 0.4) is 0 Å². The van der Waals surface area contributed by atoms with E-state index in [4.69, 9.17) is 10.5 Å². The first-order valence-corrected chi connectivity index (χ1v) is 8.93. The first-order chi connectivity index (χ1) is 10.3. The maximum Gasteiger partial charge on any atom is 0.306 e. The van der Waals surface area contributed by atoms with Gasteiger partial charge < -0.3 is 10.5 Å². The van der Waals surface area contributed by atoms with Crippen molar-refractivity contribution in [3.63, 3.8) is 0 Å². The average molecular weight is 305 g/mol. The van der Waals surface area contributed by atoms with Crippen LogP contribution in [0.1, 0.15) is 65.7 Å². The second-order valence-corrected chi connectivity index (χ2v) is 8.85. The van der Waals surface area contributed by atoms with Crippen LogP contribution in [-0.4, -0.2) is 18.1 Å². The normalized spacial score (nSPS) is 34.5. The van der Waals surface area contributed by atoms with Crippen molar-refractivity contribution >= 4 is 5.97 Å². The molecule has 3 atom stereocenters. The fourth-order valence-corrected chi connectivity index (χ4v) is 4.66. The molecule has 0 amide bonds. The van der Waals surface area contributed by atoms with E-state index in [0.717, 1.165) is 18.3 Å². The molecule has 0 aromatic carbocycles. The Balaban J connectivity index is 1.61. The van der Waals surface area contributed by atoms with E-state index in [-0.39, 0.29) is 11.4 Å². The number of hydrogen-bond acceptors (Lipinski definition) is 3. The summed E-state index contributed by atoms with van der Waals surface area (Å²) in [4.78, 5) is 12.2. The van der Waals surface area contributed by atoms with Crippen LogP contribution < -0.4 is 5.73 Å². The summed E-state index contributed by atoms with van der Waals surface area (Å²) in [5, 5.41) is 0. The van der Waals surface area contributed by atoms with Gasteiger partial charge in [0.05, 0.1) is 6.42 Å². The summed E-state index contributed by atoms with van der Waals surface area (Å²) < 4.78 is 5.52. The standard InChI is InChI=1S/C19H31NO2/c1-18(2,3)22-17(21)11-19(12-20)10-15-8-14(9-16(15)19)7-13-5-4-6-13/h9,13,15-16H,4-8,10-12,20H2,1-3H3/t15-,16-,19-/m1/s1. The van der Waals surface area contributed by atoms with E-state index in [2.05, 4.69) is 6.08 Å². The minimum Gasteiger partial charge on any atom is -0.460 e. The van der Waals surface area contributed by atoms with Gasteiger partial charge in [-0.15, -0.1) is 0 Å². The van der Waals surface area contributed by atoms with Crippen LogP contribution in [0.2, 0.25) is 0 Å². The van der Waals surface area contributed by atoms with Gasteiger partial charge in [0.2, 0.25) is 0 Å². The Bertz CT molecular complexity index is 472. The summed E-state index contributed by atoms with van der Waals surface area (Å²) >= 11 is 0. The number of fused-ring (bicyclic) bond motifs is 1. The zero-order chi connectivity index (χ0) is 16.0. The molecule has 2 N–H and O–H groups in total. The summed E-state index contributed by atoms with van der Waals surface area (Å²) in [5.74, 6) is 2.10. The molecule has 0 aliphatic heterocycles. The molecule has 3 heteroatoms. The highest BCUT2D eigenvalue weighted by molar-refractivity contribution is 5.71. The van der Waals surface area contributed by atoms with Gasteiger partial charge >= 0.3 is 5.97 Å². The number of carbonyl (C=O) groups is 1. The number of carbonyl (C=O) groups excluding carboxylic acids is 1. The lowest BCUT2D eigenvalue weighted by Gasteiger charge is -2.51. The molecule has 3 rings (SSSR count). The highest BCUT2D eigenvalue weighted by atomic mass is 16.6. The van der Waals surface area contributed by atoms with E-state index in [0.29, 0.717) is 18.9 Å². The predicted octanol–water partition coefficient (Wildman–Crippen LogP) is 3.82. The van der Waals surface area contributed by atoms with E-state index >= 15 is 0 Å². The number of rotatable bonds is 5. The minimum atomic E-state index is -0.406. The van der Waals surface area contributed by atoms with Gasteiger partial charge in [-0.1, -0.05) is 30.9 Å². The fourth-order valence-electron chi connectivity index (χ4n) is 4.66. The molecule has 22 heavy (non-hydrogen) atoms. The van der Waals surface area contributed by atoms with E-state index in [1.165, 1.54) is 32.1 Å². The van der Waals surface area contributed by atoms with Crippen molar-refractivity contribution in [1.29, 1.82) is 0 Å². The monoisotopic (exact) mass is 305 g/mol. The third-order valence-electron chi connectivity index (χ3n) is 5.92. The lowest BCUT2D eigenvalue weighted by atomic mass is 9.53. The van der Waals surface area contributed by atoms with E-state index in [1.54, 1.807) is 5.57 Å². The molecule has 2 saturated carbocycles. The molecule has 0 bridgehead atoms. The molecule has 3 aliphatic rings. The van der Waals surface area contributed by atoms with Gasteiger partial charge in [0.15, 0.2) is 0 Å². The number of esters is 1. The van der Waals surface area contributed by atoms with Crippen molar-refractivity contribution in [2.75, 3.05) is 6.54 Å². The lowest BCUT2D eigenvalue weighted by molar-refractivity contribution is -0.162. The van der Waals surface area contributed by atoms with E-state index in [9.17, 15) is 4.79 Å². The van der Waals surface area contributed by atoms with Crippen LogP contribution in [-0.2, 0) is 9.53 Å². The van der Waals surface area contributed by atoms with Crippen molar-refractivity contribution in [2.45, 2.75) is 71.3 Å². The molecule has 0 unspecified atom stereocenters. The van der Waals surface area contributed by atoms with Crippen LogP contribution in [0.4, 0.5) is 0 Å². The summed E-state index contributed by atoms with van der Waals surface area (Å²) in [7, 11) is 0. The van der Waals surface area contributed by atoms with Gasteiger partial charge in [0, 0.05) is 0 Å². The number of allylic oxidation sites excluding steroid dienone is 2. The molecule has 124 valence electrons. The van der Waals surface area contributed by atoms with Crippen LogP contribution in [0.15, 0.2) is 11.6 Å². The van der Waals surface area contributed by atoms with Crippen molar-refractivity contribution in [1.82, 2.24) is 0 Å². The largest absolute Gasteiger partial charge is 0.460 e. The highest BCUT2D eigenvalue weighted by Gasteiger charge is 2.55. The Labute approximate surface area is 134 Å². The first kappa shape index (κ1) is 16.0. The molecular weight excluding hydrogens is 274 g/mol. The van der Waals surface area contributed by atoms with E-state index in [1.807, 2.05) is 20.8 Å². The van der Waals surface area contributed by atoms with Crippen LogP contribution in [0.5, 0.6) is 0 Å². The van der Waals surface area contributed by atoms with Gasteiger partial charge in [-0.3, -0.25) is 4.79 Å². The number of ether oxygens (including phenoxy) is 1. The average Bonchev–Trinajstić information content (AvgIpc) is 2.67. The topological polar surface area (TPSA) is 52.3 Å². The molecular formula is C19H31NO2. The SMILES string of the molecule is CC(C)(C)OC(=O)C[C@@]1(CN)C[C@H]2CC(CC3CCC3)=C[C@H]21. The minimum absolute atomic E-state index is 0.0334. The molecule has 0 aromatic rings. The van der Waals surface area contributed by atoms with Crippen LogP contribution >= 0.6 is 0 Å². The third-order valence-corrected chi connectivity index (χ3v) is 5.92. The molecule has 3 nitrogen and oxygen atoms in total. The molecule has 0 radical (unpaired) electrons. The fraction of sp³-hybridized carbons (Fsp3) is 0.842. The van der Waals surface area contributed by atoms with Crippen molar-refractivity contribution in [2.24, 2.45) is 28.9 Å². The number of nitrogens with two attached hydrogens (primary N) is 1. The van der Waals surface area contributed by atoms with E-state index < -0.39 is 5.60 Å². The molecule has 0 saturated heterocycles. The summed E-state index contributed by atoms with van der Waals surface area (Å²) in [5.41, 5.74) is 7.28. The predicted molar refractivity (Wildman–Crippen MR) is 88.2 cm³/mol. The number of hydrogen-bond donors (Lipinski definition) is 1. The van der Waals surface area contributed by atoms with Gasteiger partial charge in [-0.05, 0) is 69.7 Å². The smallest absolute Gasteiger partial charge is 0.306 e. The van der Waals surface area contributed by atoms with Crippen molar-refractivity contribution < 1.29 is 9.53 Å². The Hall–Kier alpha value is -0.830. The van der Waals surface area contributed by atoms with Crippen LogP contribution in [0.25, 0.3) is 0 Å². The molecule has 3 aliphatic carbocycles. The Morgan fingerprint density at radius 3 is 2.68 bits per heavy atom. The van der Waals surface area contributed by atoms with Gasteiger partial charge in [-0.2, -0.15) is 0 Å². The molecule has 0 aromatic heterocycles. The quantitative estimate of drug-likeness (QED) is 0.620. The maximum atomic E-state index is 12.2. The second-order valence-electron chi connectivity index (χ2n) is 8.85. The third kappa shape index (κ3) is 3.10. The maximum absolute atomic E-state index is 12.2. The Kier molecular flexibility index (Phi) is 4.13. The molecule has 0 spiro atoms. The molecule has 2 fully saturated rings. The summed E-state index contributed by atoms with van der Waals surface area (Å²) in [6, 6.07) is 0. The van der Waals surface area contributed by atoms with Gasteiger partial charge in [0.1, 0.15) is 5.60 Å². The summed E-state index contributed by atoms with van der Waals surface area (Å²) in [6.07, 6.45) is 10.8. The highest BCUT2D eigenvalue weighted by Crippen LogP contribution is 2.60. The van der Waals surface area contributed by atoms with Crippen molar-refractivity contribution in [3.8, 4) is 0 Å². The van der Waals surface area contributed by atoms with Gasteiger partial charge in [0.25, 0.3) is 0 Å². The first-order valence-electron chi connectivity index (χ1n) is 8.93. The lowest BCUT2D eigenvalue weighted by Crippen LogP contribution is -2.51. The van der Waals surface area contributed by atoms with Crippen LogP contribution in [0, 0.1) is 23.2 Å². The Morgan fingerprint density at radius 1 is 1.41 bits per heavy atom.